The molecule has 0 aromatic carbocycles. The molecule has 0 fully saturated rings. The van der Waals surface area contributed by atoms with Gasteiger partial charge in [-0.1, -0.05) is 32.5 Å². The van der Waals surface area contributed by atoms with Crippen LogP contribution >= 0.6 is 11.8 Å². The van der Waals surface area contributed by atoms with Gasteiger partial charge < -0.3 is 10.1 Å². The predicted octanol–water partition coefficient (Wildman–Crippen LogP) is 3.06. The maximum Gasteiger partial charge on any atom is 0.219 e. The first-order valence-corrected chi connectivity index (χ1v) is 7.18. The van der Waals surface area contributed by atoms with Gasteiger partial charge in [0.1, 0.15) is 5.82 Å². The summed E-state index contributed by atoms with van der Waals surface area (Å²) in [5.41, 5.74) is 0. The number of anilines is 1. The number of nitrogens with zero attached hydrogens (tertiary/aromatic N) is 2. The molecule has 5 heteroatoms. The van der Waals surface area contributed by atoms with E-state index in [1.807, 2.05) is 12.3 Å². The minimum absolute atomic E-state index is 0.495. The number of hydrogen-bond acceptors (Lipinski definition) is 5. The quantitative estimate of drug-likeness (QED) is 0.599. The first-order valence-electron chi connectivity index (χ1n) is 5.95. The van der Waals surface area contributed by atoms with Crippen LogP contribution in [0, 0.1) is 5.92 Å². The maximum absolute atomic E-state index is 5.63. The van der Waals surface area contributed by atoms with Gasteiger partial charge in [0.25, 0.3) is 0 Å². The van der Waals surface area contributed by atoms with E-state index < -0.39 is 0 Å². The summed E-state index contributed by atoms with van der Waals surface area (Å²) in [6.07, 6.45) is 3.03. The van der Waals surface area contributed by atoms with E-state index >= 15 is 0 Å². The van der Waals surface area contributed by atoms with Crippen LogP contribution in [0.3, 0.4) is 0 Å². The average molecular weight is 255 g/mol. The maximum atomic E-state index is 5.63. The summed E-state index contributed by atoms with van der Waals surface area (Å²) in [5, 5.41) is 3.99. The van der Waals surface area contributed by atoms with Crippen LogP contribution in [0.15, 0.2) is 11.2 Å². The lowest BCUT2D eigenvalue weighted by Gasteiger charge is -2.10. The molecule has 0 atom stereocenters. The van der Waals surface area contributed by atoms with Gasteiger partial charge in [-0.05, 0) is 18.6 Å². The van der Waals surface area contributed by atoms with Gasteiger partial charge in [0, 0.05) is 12.6 Å². The standard InChI is InChI=1S/C12H21N3OS/c1-5-6-13-10-7-11(16-8-9(2)3)15-12(14-10)17-4/h7,9H,5-6,8H2,1-4H3,(H,13,14,15). The minimum Gasteiger partial charge on any atom is -0.477 e. The fraction of sp³-hybridized carbons (Fsp3) is 0.667. The number of hydrogen-bond donors (Lipinski definition) is 1. The molecule has 1 heterocycles. The normalized spacial score (nSPS) is 10.6. The highest BCUT2D eigenvalue weighted by Crippen LogP contribution is 2.19. The van der Waals surface area contributed by atoms with Crippen LogP contribution in [-0.2, 0) is 0 Å². The van der Waals surface area contributed by atoms with Crippen molar-refractivity contribution in [3.05, 3.63) is 6.07 Å². The number of rotatable bonds is 7. The van der Waals surface area contributed by atoms with Crippen LogP contribution < -0.4 is 10.1 Å². The molecule has 0 saturated heterocycles. The van der Waals surface area contributed by atoms with Crippen LogP contribution in [0.25, 0.3) is 0 Å². The first-order chi connectivity index (χ1) is 8.15. The smallest absolute Gasteiger partial charge is 0.219 e. The highest BCUT2D eigenvalue weighted by atomic mass is 32.2. The third-order valence-corrected chi connectivity index (χ3v) is 2.53. The summed E-state index contributed by atoms with van der Waals surface area (Å²) in [6.45, 7) is 7.95. The number of ether oxygens (including phenoxy) is 1. The Morgan fingerprint density at radius 2 is 2.18 bits per heavy atom. The van der Waals surface area contributed by atoms with Crippen LogP contribution in [0.2, 0.25) is 0 Å². The molecule has 0 amide bonds. The highest BCUT2D eigenvalue weighted by Gasteiger charge is 2.05. The van der Waals surface area contributed by atoms with Crippen molar-refractivity contribution in [3.8, 4) is 5.88 Å². The first kappa shape index (κ1) is 14.1. The summed E-state index contributed by atoms with van der Waals surface area (Å²) in [5.74, 6) is 1.98. The second kappa shape index (κ2) is 7.37. The highest BCUT2D eigenvalue weighted by molar-refractivity contribution is 7.98. The van der Waals surface area contributed by atoms with E-state index in [1.165, 1.54) is 11.8 Å². The van der Waals surface area contributed by atoms with Gasteiger partial charge in [0.05, 0.1) is 6.61 Å². The van der Waals surface area contributed by atoms with Crippen molar-refractivity contribution in [1.82, 2.24) is 9.97 Å². The molecule has 4 nitrogen and oxygen atoms in total. The Kier molecular flexibility index (Phi) is 6.11. The van der Waals surface area contributed by atoms with Gasteiger partial charge in [0.2, 0.25) is 5.88 Å². The van der Waals surface area contributed by atoms with E-state index in [9.17, 15) is 0 Å². The van der Waals surface area contributed by atoms with Gasteiger partial charge in [0.15, 0.2) is 5.16 Å². The van der Waals surface area contributed by atoms with Crippen LogP contribution in [0.5, 0.6) is 5.88 Å². The zero-order valence-corrected chi connectivity index (χ0v) is 11.8. The fourth-order valence-corrected chi connectivity index (χ4v) is 1.54. The second-order valence-corrected chi connectivity index (χ2v) is 4.98. The molecule has 1 aromatic heterocycles. The molecular weight excluding hydrogens is 234 g/mol. The number of thioether (sulfide) groups is 1. The molecule has 0 spiro atoms. The van der Waals surface area contributed by atoms with Crippen molar-refractivity contribution in [3.63, 3.8) is 0 Å². The predicted molar refractivity (Wildman–Crippen MR) is 72.9 cm³/mol. The Morgan fingerprint density at radius 3 is 2.76 bits per heavy atom. The Balaban J connectivity index is 2.73. The van der Waals surface area contributed by atoms with E-state index in [-0.39, 0.29) is 0 Å². The molecule has 1 rings (SSSR count). The topological polar surface area (TPSA) is 47.0 Å². The van der Waals surface area contributed by atoms with E-state index in [2.05, 4.69) is 36.1 Å². The number of nitrogens with one attached hydrogen (secondary N) is 1. The molecule has 96 valence electrons. The summed E-state index contributed by atoms with van der Waals surface area (Å²) in [6, 6.07) is 1.86. The Labute approximate surface area is 108 Å². The zero-order valence-electron chi connectivity index (χ0n) is 11.0. The molecule has 0 aliphatic rings. The molecule has 0 aliphatic heterocycles. The summed E-state index contributed by atoms with van der Waals surface area (Å²) in [7, 11) is 0. The molecule has 0 unspecified atom stereocenters. The Hall–Kier alpha value is -0.970. The van der Waals surface area contributed by atoms with E-state index in [1.54, 1.807) is 0 Å². The lowest BCUT2D eigenvalue weighted by Crippen LogP contribution is -2.08. The van der Waals surface area contributed by atoms with Crippen molar-refractivity contribution in [2.24, 2.45) is 5.92 Å². The zero-order chi connectivity index (χ0) is 12.7. The molecule has 0 radical (unpaired) electrons. The van der Waals surface area contributed by atoms with Crippen molar-refractivity contribution in [2.45, 2.75) is 32.3 Å². The Bertz CT molecular complexity index is 345. The van der Waals surface area contributed by atoms with E-state index in [0.29, 0.717) is 18.4 Å². The second-order valence-electron chi connectivity index (χ2n) is 4.21. The van der Waals surface area contributed by atoms with Gasteiger partial charge >= 0.3 is 0 Å². The fourth-order valence-electron chi connectivity index (χ4n) is 1.16. The lowest BCUT2D eigenvalue weighted by atomic mass is 10.2. The van der Waals surface area contributed by atoms with Gasteiger partial charge in [-0.3, -0.25) is 0 Å². The van der Waals surface area contributed by atoms with Gasteiger partial charge in [-0.15, -0.1) is 0 Å². The minimum atomic E-state index is 0.495. The number of aromatic nitrogens is 2. The average Bonchev–Trinajstić information content (AvgIpc) is 2.33. The molecule has 1 N–H and O–H groups in total. The van der Waals surface area contributed by atoms with Crippen LogP contribution in [0.4, 0.5) is 5.82 Å². The third kappa shape index (κ3) is 5.26. The van der Waals surface area contributed by atoms with Crippen molar-refractivity contribution < 1.29 is 4.74 Å². The van der Waals surface area contributed by atoms with E-state index in [4.69, 9.17) is 4.74 Å². The molecule has 1 aromatic rings. The summed E-state index contributed by atoms with van der Waals surface area (Å²) >= 11 is 1.52. The molecule has 0 bridgehead atoms. The van der Waals surface area contributed by atoms with Crippen molar-refractivity contribution >= 4 is 17.6 Å². The monoisotopic (exact) mass is 255 g/mol. The van der Waals surface area contributed by atoms with Crippen molar-refractivity contribution in [1.29, 1.82) is 0 Å². The molecule has 0 saturated carbocycles. The van der Waals surface area contributed by atoms with E-state index in [0.717, 1.165) is 23.9 Å². The lowest BCUT2D eigenvalue weighted by molar-refractivity contribution is 0.259. The van der Waals surface area contributed by atoms with Crippen LogP contribution in [0.1, 0.15) is 27.2 Å². The largest absolute Gasteiger partial charge is 0.477 e. The molecule has 0 aliphatic carbocycles. The Morgan fingerprint density at radius 1 is 1.41 bits per heavy atom. The third-order valence-electron chi connectivity index (χ3n) is 1.99. The summed E-state index contributed by atoms with van der Waals surface area (Å²) in [4.78, 5) is 8.70. The summed E-state index contributed by atoms with van der Waals surface area (Å²) < 4.78 is 5.63. The van der Waals surface area contributed by atoms with Crippen LogP contribution in [-0.4, -0.2) is 29.4 Å². The van der Waals surface area contributed by atoms with Gasteiger partial charge in [-0.2, -0.15) is 4.98 Å². The molecular formula is C12H21N3OS. The van der Waals surface area contributed by atoms with Gasteiger partial charge in [-0.25, -0.2) is 4.98 Å². The van der Waals surface area contributed by atoms with Crippen molar-refractivity contribution in [2.75, 3.05) is 24.7 Å². The SMILES string of the molecule is CCCNc1cc(OCC(C)C)nc(SC)n1. The molecule has 17 heavy (non-hydrogen) atoms.